The highest BCUT2D eigenvalue weighted by Crippen LogP contribution is 2.27. The van der Waals surface area contributed by atoms with Crippen LogP contribution >= 0.6 is 11.6 Å². The summed E-state index contributed by atoms with van der Waals surface area (Å²) in [6, 6.07) is 12.0. The third kappa shape index (κ3) is 4.76. The van der Waals surface area contributed by atoms with E-state index in [9.17, 15) is 8.78 Å². The number of nitrogens with zero attached hydrogens (tertiary/aromatic N) is 7. The highest BCUT2D eigenvalue weighted by atomic mass is 35.5. The van der Waals surface area contributed by atoms with E-state index in [-0.39, 0.29) is 11.9 Å². The van der Waals surface area contributed by atoms with Gasteiger partial charge in [-0.1, -0.05) is 29.8 Å². The average molecular weight is 496 g/mol. The minimum atomic E-state index is -2.76. The number of imidazole rings is 1. The predicted molar refractivity (Wildman–Crippen MR) is 128 cm³/mol. The van der Waals surface area contributed by atoms with Gasteiger partial charge >= 0.3 is 6.55 Å². The van der Waals surface area contributed by atoms with Gasteiger partial charge in [-0.3, -0.25) is 0 Å². The number of nitrogens with two attached hydrogens (primary N) is 1. The highest BCUT2D eigenvalue weighted by Gasteiger charge is 2.21. The number of alkyl halides is 2. The van der Waals surface area contributed by atoms with Crippen LogP contribution in [0.2, 0.25) is 5.02 Å². The summed E-state index contributed by atoms with van der Waals surface area (Å²) < 4.78 is 28.9. The summed E-state index contributed by atoms with van der Waals surface area (Å²) in [5, 5.41) is 7.75. The summed E-state index contributed by atoms with van der Waals surface area (Å²) >= 11 is 6.35. The molecular formula is C23H20ClF2N9. The van der Waals surface area contributed by atoms with Crippen molar-refractivity contribution in [3.8, 4) is 11.4 Å². The first kappa shape index (κ1) is 22.7. The molecule has 0 fully saturated rings. The molecule has 4 heterocycles. The van der Waals surface area contributed by atoms with Crippen molar-refractivity contribution in [2.45, 2.75) is 25.9 Å². The number of aromatic nitrogens is 7. The molecule has 35 heavy (non-hydrogen) atoms. The maximum absolute atomic E-state index is 13.2. The zero-order chi connectivity index (χ0) is 24.5. The maximum atomic E-state index is 13.2. The molecular weight excluding hydrogens is 476 g/mol. The number of aryl methyl sites for hydroxylation is 1. The Hall–Kier alpha value is -4.12. The molecule has 9 nitrogen and oxygen atoms in total. The first-order chi connectivity index (χ1) is 16.9. The summed E-state index contributed by atoms with van der Waals surface area (Å²) in [6.45, 7) is -0.866. The van der Waals surface area contributed by atoms with Gasteiger partial charge < -0.3 is 15.5 Å². The number of fused-ring (bicyclic) bond motifs is 1. The van der Waals surface area contributed by atoms with Gasteiger partial charge in [0.1, 0.15) is 5.82 Å². The fourth-order valence-electron chi connectivity index (χ4n) is 3.75. The van der Waals surface area contributed by atoms with Crippen LogP contribution in [0.5, 0.6) is 0 Å². The topological polar surface area (TPSA) is 112 Å². The molecule has 0 saturated carbocycles. The average Bonchev–Trinajstić information content (AvgIpc) is 3.47. The van der Waals surface area contributed by atoms with Crippen LogP contribution in [-0.4, -0.2) is 34.1 Å². The summed E-state index contributed by atoms with van der Waals surface area (Å²) in [4.78, 5) is 17.3. The molecule has 0 radical (unpaired) electrons. The van der Waals surface area contributed by atoms with E-state index >= 15 is 0 Å². The van der Waals surface area contributed by atoms with Gasteiger partial charge in [-0.15, -0.1) is 0 Å². The lowest BCUT2D eigenvalue weighted by atomic mass is 10.0. The first-order valence-corrected chi connectivity index (χ1v) is 11.0. The molecule has 0 aliphatic carbocycles. The second kappa shape index (κ2) is 9.26. The molecule has 0 aliphatic rings. The molecule has 4 aromatic heterocycles. The van der Waals surface area contributed by atoms with Gasteiger partial charge in [-0.25, -0.2) is 9.67 Å². The number of hydrogen-bond donors (Lipinski definition) is 2. The number of anilines is 2. The highest BCUT2D eigenvalue weighted by molar-refractivity contribution is 6.31. The standard InChI is InChI=1S/C23H20ClF2N9/c1-13-28-11-16-7-6-15(12-34(13)16)20-30-22(27)32-23(31-20)29-19(10-14-4-2-3-5-17(14)24)18-8-9-35(33-18)21(25)26/h2-9,11-12,19,21H,10H2,1H3,(H3,27,29,30,31,32)/t19-/m0/s1. The second-order valence-corrected chi connectivity index (χ2v) is 8.26. The third-order valence-electron chi connectivity index (χ3n) is 5.49. The van der Waals surface area contributed by atoms with E-state index in [2.05, 4.69) is 30.4 Å². The molecule has 5 aromatic rings. The number of halogens is 3. The smallest absolute Gasteiger partial charge is 0.333 e. The number of benzene rings is 1. The molecule has 0 saturated heterocycles. The number of nitrogens with one attached hydrogen (secondary N) is 1. The minimum Gasteiger partial charge on any atom is -0.368 e. The van der Waals surface area contributed by atoms with Gasteiger partial charge in [-0.05, 0) is 43.2 Å². The van der Waals surface area contributed by atoms with E-state index in [1.54, 1.807) is 12.3 Å². The molecule has 0 bridgehead atoms. The van der Waals surface area contributed by atoms with E-state index in [1.807, 2.05) is 47.9 Å². The van der Waals surface area contributed by atoms with Crippen LogP contribution in [0.25, 0.3) is 16.9 Å². The molecule has 1 aromatic carbocycles. The number of rotatable bonds is 7. The molecule has 178 valence electrons. The monoisotopic (exact) mass is 495 g/mol. The van der Waals surface area contributed by atoms with Crippen molar-refractivity contribution in [3.05, 3.63) is 83.2 Å². The van der Waals surface area contributed by atoms with Crippen LogP contribution in [-0.2, 0) is 6.42 Å². The van der Waals surface area contributed by atoms with Crippen LogP contribution < -0.4 is 11.1 Å². The summed E-state index contributed by atoms with van der Waals surface area (Å²) in [5.41, 5.74) is 8.82. The molecule has 5 rings (SSSR count). The van der Waals surface area contributed by atoms with E-state index < -0.39 is 12.6 Å². The molecule has 0 spiro atoms. The quantitative estimate of drug-likeness (QED) is 0.336. The zero-order valence-electron chi connectivity index (χ0n) is 18.5. The molecule has 0 unspecified atom stereocenters. The van der Waals surface area contributed by atoms with Crippen LogP contribution in [0.4, 0.5) is 20.7 Å². The van der Waals surface area contributed by atoms with E-state index in [4.69, 9.17) is 17.3 Å². The van der Waals surface area contributed by atoms with Crippen LogP contribution in [0.3, 0.4) is 0 Å². The summed E-state index contributed by atoms with van der Waals surface area (Å²) in [5.74, 6) is 1.36. The molecule has 1 atom stereocenters. The number of hydrogen-bond acceptors (Lipinski definition) is 7. The third-order valence-corrected chi connectivity index (χ3v) is 5.86. The Labute approximate surface area is 203 Å². The Morgan fingerprint density at radius 1 is 1.09 bits per heavy atom. The van der Waals surface area contributed by atoms with Crippen LogP contribution in [0.15, 0.2) is 61.1 Å². The Morgan fingerprint density at radius 2 is 1.91 bits per heavy atom. The van der Waals surface area contributed by atoms with Crippen LogP contribution in [0.1, 0.15) is 29.7 Å². The number of nitrogen functional groups attached to an aromatic ring is 1. The van der Waals surface area contributed by atoms with Crippen molar-refractivity contribution in [3.63, 3.8) is 0 Å². The fourth-order valence-corrected chi connectivity index (χ4v) is 3.97. The lowest BCUT2D eigenvalue weighted by Gasteiger charge is -2.18. The first-order valence-electron chi connectivity index (χ1n) is 10.7. The van der Waals surface area contributed by atoms with E-state index in [1.165, 1.54) is 12.3 Å². The van der Waals surface area contributed by atoms with E-state index in [0.29, 0.717) is 33.2 Å². The fraction of sp³-hybridized carbons (Fsp3) is 0.174. The summed E-state index contributed by atoms with van der Waals surface area (Å²) in [6.07, 6.45) is 5.20. The second-order valence-electron chi connectivity index (χ2n) is 7.85. The van der Waals surface area contributed by atoms with Gasteiger partial charge in [0.2, 0.25) is 11.9 Å². The Kier molecular flexibility index (Phi) is 6.00. The predicted octanol–water partition coefficient (Wildman–Crippen LogP) is 4.72. The van der Waals surface area contributed by atoms with Crippen molar-refractivity contribution in [1.29, 1.82) is 0 Å². The molecule has 0 aliphatic heterocycles. The zero-order valence-corrected chi connectivity index (χ0v) is 19.2. The van der Waals surface area contributed by atoms with E-state index in [0.717, 1.165) is 16.9 Å². The Bertz CT molecular complexity index is 1500. The normalized spacial score (nSPS) is 12.4. The van der Waals surface area contributed by atoms with Crippen molar-refractivity contribution >= 4 is 29.0 Å². The van der Waals surface area contributed by atoms with Gasteiger partial charge in [0.15, 0.2) is 5.82 Å². The molecule has 12 heteroatoms. The summed E-state index contributed by atoms with van der Waals surface area (Å²) in [7, 11) is 0. The van der Waals surface area contributed by atoms with Crippen LogP contribution in [0, 0.1) is 6.92 Å². The van der Waals surface area contributed by atoms with Gasteiger partial charge in [0.05, 0.1) is 23.4 Å². The van der Waals surface area contributed by atoms with Crippen molar-refractivity contribution in [2.75, 3.05) is 11.1 Å². The largest absolute Gasteiger partial charge is 0.368 e. The Balaban J connectivity index is 1.51. The number of pyridine rings is 1. The maximum Gasteiger partial charge on any atom is 0.333 e. The van der Waals surface area contributed by atoms with Gasteiger partial charge in [0.25, 0.3) is 0 Å². The van der Waals surface area contributed by atoms with Crippen molar-refractivity contribution < 1.29 is 8.78 Å². The van der Waals surface area contributed by atoms with Crippen molar-refractivity contribution in [1.82, 2.24) is 34.1 Å². The lowest BCUT2D eigenvalue weighted by Crippen LogP contribution is -2.18. The van der Waals surface area contributed by atoms with Gasteiger partial charge in [-0.2, -0.15) is 28.8 Å². The van der Waals surface area contributed by atoms with Crippen molar-refractivity contribution in [2.24, 2.45) is 0 Å². The van der Waals surface area contributed by atoms with Gasteiger partial charge in [0, 0.05) is 23.0 Å². The molecule has 0 amide bonds. The molecule has 3 N–H and O–H groups in total. The Morgan fingerprint density at radius 3 is 2.69 bits per heavy atom. The minimum absolute atomic E-state index is 0.00885. The lowest BCUT2D eigenvalue weighted by molar-refractivity contribution is 0.0561. The SMILES string of the molecule is Cc1ncc2ccc(-c3nc(N)nc(N[C@@H](Cc4ccccc4Cl)c4ccn(C(F)F)n4)n3)cn12.